The van der Waals surface area contributed by atoms with E-state index in [1.54, 1.807) is 66.7 Å². The second-order valence-electron chi connectivity index (χ2n) is 6.08. The van der Waals surface area contributed by atoms with E-state index in [1.165, 1.54) is 13.2 Å². The van der Waals surface area contributed by atoms with Crippen LogP contribution in [0.4, 0.5) is 11.4 Å². The molecule has 0 unspecified atom stereocenters. The number of nitrogens with one attached hydrogen (secondary N) is 2. The third-order valence-corrected chi connectivity index (χ3v) is 4.30. The number of carbonyl (C=O) groups is 2. The van der Waals surface area contributed by atoms with Gasteiger partial charge in [-0.05, 0) is 48.0 Å². The van der Waals surface area contributed by atoms with Crippen molar-refractivity contribution in [3.8, 4) is 5.75 Å². The van der Waals surface area contributed by atoms with Gasteiger partial charge < -0.3 is 15.4 Å². The van der Waals surface area contributed by atoms with Gasteiger partial charge in [0.2, 0.25) is 5.91 Å². The molecule has 29 heavy (non-hydrogen) atoms. The lowest BCUT2D eigenvalue weighted by atomic mass is 10.1. The second-order valence-corrected chi connectivity index (χ2v) is 6.51. The van der Waals surface area contributed by atoms with Gasteiger partial charge in [0.15, 0.2) is 0 Å². The summed E-state index contributed by atoms with van der Waals surface area (Å²) in [5.41, 5.74) is 2.08. The summed E-state index contributed by atoms with van der Waals surface area (Å²) in [5, 5.41) is 6.14. The average Bonchev–Trinajstić information content (AvgIpc) is 2.73. The van der Waals surface area contributed by atoms with E-state index in [0.29, 0.717) is 27.7 Å². The van der Waals surface area contributed by atoms with Gasteiger partial charge in [0.25, 0.3) is 5.91 Å². The number of ether oxygens (including phenoxy) is 1. The molecule has 0 bridgehead atoms. The lowest BCUT2D eigenvalue weighted by Crippen LogP contribution is -2.17. The summed E-state index contributed by atoms with van der Waals surface area (Å²) in [6.07, 6.45) is 3.04. The Kier molecular flexibility index (Phi) is 6.66. The average molecular weight is 407 g/mol. The standard InChI is InChI=1S/C23H19ClN2O3/c1-29-21-12-5-4-11-20(21)26-23(28)18-9-2-3-10-19(18)25-22(27)14-13-16-7-6-8-17(24)15-16/h2-15H,1H3,(H,25,27)(H,26,28)/b14-13+. The molecular formula is C23H19ClN2O3. The number of carbonyl (C=O) groups excluding carboxylic acids is 2. The molecule has 0 radical (unpaired) electrons. The molecule has 0 aliphatic rings. The van der Waals surface area contributed by atoms with Gasteiger partial charge in [-0.25, -0.2) is 0 Å². The predicted octanol–water partition coefficient (Wildman–Crippen LogP) is 5.25. The molecule has 2 N–H and O–H groups in total. The molecule has 3 aromatic rings. The number of hydrogen-bond acceptors (Lipinski definition) is 3. The van der Waals surface area contributed by atoms with Gasteiger partial charge >= 0.3 is 0 Å². The Morgan fingerprint density at radius 2 is 1.62 bits per heavy atom. The summed E-state index contributed by atoms with van der Waals surface area (Å²) in [4.78, 5) is 25.1. The van der Waals surface area contributed by atoms with E-state index >= 15 is 0 Å². The van der Waals surface area contributed by atoms with Crippen LogP contribution in [0, 0.1) is 0 Å². The van der Waals surface area contributed by atoms with Crippen molar-refractivity contribution in [2.75, 3.05) is 17.7 Å². The molecule has 0 spiro atoms. The fourth-order valence-corrected chi connectivity index (χ4v) is 2.88. The SMILES string of the molecule is COc1ccccc1NC(=O)c1ccccc1NC(=O)/C=C/c1cccc(Cl)c1. The van der Waals surface area contributed by atoms with E-state index in [0.717, 1.165) is 5.56 Å². The van der Waals surface area contributed by atoms with Gasteiger partial charge in [-0.15, -0.1) is 0 Å². The summed E-state index contributed by atoms with van der Waals surface area (Å²) in [6, 6.07) is 21.0. The van der Waals surface area contributed by atoms with Gasteiger partial charge in [0.1, 0.15) is 5.75 Å². The molecule has 6 heteroatoms. The van der Waals surface area contributed by atoms with Crippen LogP contribution in [-0.2, 0) is 4.79 Å². The summed E-state index contributed by atoms with van der Waals surface area (Å²) < 4.78 is 5.26. The van der Waals surface area contributed by atoms with Crippen LogP contribution >= 0.6 is 11.6 Å². The highest BCUT2D eigenvalue weighted by atomic mass is 35.5. The zero-order valence-corrected chi connectivity index (χ0v) is 16.4. The highest BCUT2D eigenvalue weighted by Gasteiger charge is 2.14. The van der Waals surface area contributed by atoms with Gasteiger partial charge in [0, 0.05) is 11.1 Å². The van der Waals surface area contributed by atoms with Crippen LogP contribution in [0.5, 0.6) is 5.75 Å². The zero-order chi connectivity index (χ0) is 20.6. The summed E-state index contributed by atoms with van der Waals surface area (Å²) in [6.45, 7) is 0. The monoisotopic (exact) mass is 406 g/mol. The molecule has 0 aromatic heterocycles. The topological polar surface area (TPSA) is 67.4 Å². The number of halogens is 1. The highest BCUT2D eigenvalue weighted by molar-refractivity contribution is 6.30. The van der Waals surface area contributed by atoms with E-state index in [9.17, 15) is 9.59 Å². The fraction of sp³-hybridized carbons (Fsp3) is 0.0435. The van der Waals surface area contributed by atoms with E-state index in [2.05, 4.69) is 10.6 Å². The largest absolute Gasteiger partial charge is 0.495 e. The Bertz CT molecular complexity index is 1060. The van der Waals surface area contributed by atoms with Crippen LogP contribution in [0.1, 0.15) is 15.9 Å². The number of amides is 2. The van der Waals surface area contributed by atoms with Crippen molar-refractivity contribution in [3.05, 3.63) is 95.0 Å². The van der Waals surface area contributed by atoms with E-state index in [-0.39, 0.29) is 11.8 Å². The Morgan fingerprint density at radius 3 is 2.38 bits per heavy atom. The lowest BCUT2D eigenvalue weighted by Gasteiger charge is -2.12. The molecule has 3 rings (SSSR count). The minimum atomic E-state index is -0.359. The number of anilines is 2. The van der Waals surface area contributed by atoms with Crippen molar-refractivity contribution < 1.29 is 14.3 Å². The number of rotatable bonds is 6. The first kappa shape index (κ1) is 20.2. The normalized spacial score (nSPS) is 10.6. The van der Waals surface area contributed by atoms with Crippen LogP contribution in [-0.4, -0.2) is 18.9 Å². The Balaban J connectivity index is 1.74. The molecule has 5 nitrogen and oxygen atoms in total. The van der Waals surface area contributed by atoms with E-state index in [1.807, 2.05) is 12.1 Å². The summed E-state index contributed by atoms with van der Waals surface area (Å²) >= 11 is 5.95. The van der Waals surface area contributed by atoms with Crippen LogP contribution in [0.15, 0.2) is 78.9 Å². The van der Waals surface area contributed by atoms with Crippen LogP contribution in [0.25, 0.3) is 6.08 Å². The quantitative estimate of drug-likeness (QED) is 0.549. The molecule has 0 aliphatic carbocycles. The highest BCUT2D eigenvalue weighted by Crippen LogP contribution is 2.25. The molecule has 0 saturated carbocycles. The number of methoxy groups -OCH3 is 1. The van der Waals surface area contributed by atoms with Crippen LogP contribution in [0.3, 0.4) is 0 Å². The zero-order valence-electron chi connectivity index (χ0n) is 15.7. The van der Waals surface area contributed by atoms with E-state index < -0.39 is 0 Å². The van der Waals surface area contributed by atoms with Gasteiger partial charge in [-0.1, -0.05) is 48.0 Å². The number of benzene rings is 3. The number of para-hydroxylation sites is 3. The molecular weight excluding hydrogens is 388 g/mol. The lowest BCUT2D eigenvalue weighted by molar-refractivity contribution is -0.111. The van der Waals surface area contributed by atoms with Crippen molar-refractivity contribution in [2.45, 2.75) is 0 Å². The minimum Gasteiger partial charge on any atom is -0.495 e. The third kappa shape index (κ3) is 5.46. The third-order valence-electron chi connectivity index (χ3n) is 4.06. The maximum Gasteiger partial charge on any atom is 0.257 e. The number of hydrogen-bond donors (Lipinski definition) is 2. The van der Waals surface area contributed by atoms with Crippen LogP contribution < -0.4 is 15.4 Å². The second kappa shape index (κ2) is 9.57. The predicted molar refractivity (Wildman–Crippen MR) is 117 cm³/mol. The Hall–Kier alpha value is -3.57. The maximum absolute atomic E-state index is 12.8. The maximum atomic E-state index is 12.8. The van der Waals surface area contributed by atoms with Crippen molar-refractivity contribution >= 4 is 40.9 Å². The molecule has 146 valence electrons. The smallest absolute Gasteiger partial charge is 0.257 e. The van der Waals surface area contributed by atoms with Crippen LogP contribution in [0.2, 0.25) is 5.02 Å². The summed E-state index contributed by atoms with van der Waals surface area (Å²) in [7, 11) is 1.53. The molecule has 0 heterocycles. The minimum absolute atomic E-state index is 0.336. The van der Waals surface area contributed by atoms with Crippen molar-refractivity contribution in [1.82, 2.24) is 0 Å². The molecule has 0 saturated heterocycles. The molecule has 0 atom stereocenters. The molecule has 3 aromatic carbocycles. The van der Waals surface area contributed by atoms with Crippen molar-refractivity contribution in [1.29, 1.82) is 0 Å². The first-order chi connectivity index (χ1) is 14.1. The van der Waals surface area contributed by atoms with Crippen molar-refractivity contribution in [3.63, 3.8) is 0 Å². The van der Waals surface area contributed by atoms with Gasteiger partial charge in [-0.3, -0.25) is 9.59 Å². The van der Waals surface area contributed by atoms with E-state index in [4.69, 9.17) is 16.3 Å². The first-order valence-corrected chi connectivity index (χ1v) is 9.22. The Labute approximate surface area is 174 Å². The van der Waals surface area contributed by atoms with Crippen molar-refractivity contribution in [2.24, 2.45) is 0 Å². The summed E-state index contributed by atoms with van der Waals surface area (Å²) in [5.74, 6) is -0.168. The molecule has 0 fully saturated rings. The molecule has 0 aliphatic heterocycles. The van der Waals surface area contributed by atoms with Gasteiger partial charge in [-0.2, -0.15) is 0 Å². The first-order valence-electron chi connectivity index (χ1n) is 8.85. The molecule has 2 amide bonds. The fourth-order valence-electron chi connectivity index (χ4n) is 2.68. The Morgan fingerprint density at radius 1 is 0.897 bits per heavy atom. The van der Waals surface area contributed by atoms with Gasteiger partial charge in [0.05, 0.1) is 24.0 Å².